The number of rotatable bonds is 4. The van der Waals surface area contributed by atoms with E-state index in [0.717, 1.165) is 5.57 Å². The topological polar surface area (TPSA) is 90.1 Å². The van der Waals surface area contributed by atoms with Gasteiger partial charge in [0.15, 0.2) is 0 Å². The molecule has 7 nitrogen and oxygen atoms in total. The van der Waals surface area contributed by atoms with Crippen LogP contribution in [0.25, 0.3) is 11.3 Å². The van der Waals surface area contributed by atoms with Crippen LogP contribution in [0.15, 0.2) is 36.2 Å². The number of aromatic nitrogens is 2. The Hall–Kier alpha value is -2.96. The number of hydrogen-bond donors (Lipinski definition) is 1. The number of aryl methyl sites for hydroxylation is 1. The number of imidazole rings is 1. The predicted octanol–water partition coefficient (Wildman–Crippen LogP) is 2.38. The first-order valence-corrected chi connectivity index (χ1v) is 7.32. The van der Waals surface area contributed by atoms with Gasteiger partial charge in [0.05, 0.1) is 4.92 Å². The molecule has 2 heterocycles. The van der Waals surface area contributed by atoms with Gasteiger partial charge in [-0.2, -0.15) is 0 Å². The van der Waals surface area contributed by atoms with E-state index < -0.39 is 4.92 Å². The predicted molar refractivity (Wildman–Crippen MR) is 85.2 cm³/mol. The number of carbonyl (C=O) groups excluding carboxylic acids is 1. The van der Waals surface area contributed by atoms with Crippen LogP contribution in [0.5, 0.6) is 0 Å². The summed E-state index contributed by atoms with van der Waals surface area (Å²) in [5, 5.41) is 14.3. The Labute approximate surface area is 132 Å². The monoisotopic (exact) mass is 312 g/mol. The van der Waals surface area contributed by atoms with Crippen LogP contribution in [-0.2, 0) is 4.79 Å². The highest BCUT2D eigenvalue weighted by atomic mass is 16.6. The number of nitro benzene ring substituents is 1. The van der Waals surface area contributed by atoms with E-state index >= 15 is 0 Å². The molecule has 7 heteroatoms. The number of nitrogens with one attached hydrogen (secondary N) is 1. The molecule has 3 rings (SSSR count). The van der Waals surface area contributed by atoms with Crippen molar-refractivity contribution in [3.8, 4) is 5.69 Å². The first kappa shape index (κ1) is 15.0. The molecule has 0 saturated carbocycles. The molecule has 0 radical (unpaired) electrons. The van der Waals surface area contributed by atoms with Crippen LogP contribution in [0.4, 0.5) is 5.69 Å². The van der Waals surface area contributed by atoms with Gasteiger partial charge in [-0.3, -0.25) is 19.5 Å². The fraction of sp³-hybridized carbons (Fsp3) is 0.250. The summed E-state index contributed by atoms with van der Waals surface area (Å²) in [5.74, 6) is 0.576. The van der Waals surface area contributed by atoms with Gasteiger partial charge in [0.1, 0.15) is 11.5 Å². The molecule has 0 bridgehead atoms. The number of nitrogens with zero attached hydrogens (tertiary/aromatic N) is 3. The maximum Gasteiger partial charge on any atom is 0.293 e. The smallest absolute Gasteiger partial charge is 0.293 e. The zero-order chi connectivity index (χ0) is 16.6. The summed E-state index contributed by atoms with van der Waals surface area (Å²) in [5.41, 5.74) is 2.67. The molecule has 0 aliphatic carbocycles. The van der Waals surface area contributed by atoms with Gasteiger partial charge < -0.3 is 5.32 Å². The molecule has 0 unspecified atom stereocenters. The maximum absolute atomic E-state index is 11.8. The lowest BCUT2D eigenvalue weighted by Crippen LogP contribution is -2.17. The molecule has 1 N–H and O–H groups in total. The Morgan fingerprint density at radius 1 is 1.43 bits per heavy atom. The minimum absolute atomic E-state index is 0.00842. The minimum atomic E-state index is -0.408. The Kier molecular flexibility index (Phi) is 3.69. The van der Waals surface area contributed by atoms with Crippen LogP contribution in [-0.4, -0.2) is 26.9 Å². The summed E-state index contributed by atoms with van der Waals surface area (Å²) < 4.78 is 1.68. The molecule has 1 aromatic carbocycles. The van der Waals surface area contributed by atoms with Crippen LogP contribution in [0.1, 0.15) is 24.7 Å². The fourth-order valence-corrected chi connectivity index (χ4v) is 2.86. The quantitative estimate of drug-likeness (QED) is 0.693. The highest BCUT2D eigenvalue weighted by molar-refractivity contribution is 6.06. The Morgan fingerprint density at radius 2 is 2.22 bits per heavy atom. The summed E-state index contributed by atoms with van der Waals surface area (Å²) in [4.78, 5) is 27.0. The van der Waals surface area contributed by atoms with E-state index in [-0.39, 0.29) is 11.6 Å². The van der Waals surface area contributed by atoms with Crippen molar-refractivity contribution in [3.63, 3.8) is 0 Å². The van der Waals surface area contributed by atoms with Gasteiger partial charge >= 0.3 is 0 Å². The van der Waals surface area contributed by atoms with Crippen LogP contribution < -0.4 is 5.32 Å². The summed E-state index contributed by atoms with van der Waals surface area (Å²) in [7, 11) is 0. The SMILES string of the molecule is CCC1=C(c2ccc(-n3ccnc3C)c([N+](=O)[O-])c2)CNC1=O. The third kappa shape index (κ3) is 2.50. The first-order chi connectivity index (χ1) is 11.0. The molecule has 1 aromatic heterocycles. The molecular weight excluding hydrogens is 296 g/mol. The largest absolute Gasteiger partial charge is 0.348 e. The number of hydrogen-bond acceptors (Lipinski definition) is 4. The van der Waals surface area contributed by atoms with Gasteiger partial charge in [-0.05, 0) is 30.5 Å². The fourth-order valence-electron chi connectivity index (χ4n) is 2.86. The molecule has 0 saturated heterocycles. The van der Waals surface area contributed by atoms with Gasteiger partial charge in [-0.1, -0.05) is 13.0 Å². The third-order valence-corrected chi connectivity index (χ3v) is 4.02. The molecule has 2 aromatic rings. The van der Waals surface area contributed by atoms with Crippen LogP contribution in [0, 0.1) is 17.0 Å². The van der Waals surface area contributed by atoms with Crippen molar-refractivity contribution in [2.75, 3.05) is 6.54 Å². The second-order valence-corrected chi connectivity index (χ2v) is 5.30. The molecule has 118 valence electrons. The molecule has 0 spiro atoms. The normalized spacial score (nSPS) is 14.3. The molecule has 23 heavy (non-hydrogen) atoms. The highest BCUT2D eigenvalue weighted by Crippen LogP contribution is 2.31. The molecule has 0 fully saturated rings. The lowest BCUT2D eigenvalue weighted by molar-refractivity contribution is -0.384. The lowest BCUT2D eigenvalue weighted by Gasteiger charge is -2.09. The molecule has 1 aliphatic heterocycles. The first-order valence-electron chi connectivity index (χ1n) is 7.32. The highest BCUT2D eigenvalue weighted by Gasteiger charge is 2.25. The average Bonchev–Trinajstić information content (AvgIpc) is 3.12. The van der Waals surface area contributed by atoms with Crippen molar-refractivity contribution in [2.24, 2.45) is 0 Å². The number of nitro groups is 1. The van der Waals surface area contributed by atoms with Crippen molar-refractivity contribution in [3.05, 3.63) is 57.7 Å². The standard InChI is InChI=1S/C16H16N4O3/c1-3-12-13(9-18-16(12)21)11-4-5-14(15(8-11)20(22)23)19-7-6-17-10(19)2/h4-8H,3,9H2,1-2H3,(H,18,21). The molecule has 1 amide bonds. The second-order valence-electron chi connectivity index (χ2n) is 5.30. The van der Waals surface area contributed by atoms with E-state index in [0.29, 0.717) is 35.6 Å². The van der Waals surface area contributed by atoms with Crippen molar-refractivity contribution in [2.45, 2.75) is 20.3 Å². The van der Waals surface area contributed by atoms with Crippen molar-refractivity contribution < 1.29 is 9.72 Å². The van der Waals surface area contributed by atoms with E-state index in [1.54, 1.807) is 30.0 Å². The maximum atomic E-state index is 11.8. The zero-order valence-corrected chi connectivity index (χ0v) is 12.9. The van der Waals surface area contributed by atoms with Gasteiger partial charge in [0.25, 0.3) is 5.69 Å². The van der Waals surface area contributed by atoms with Gasteiger partial charge in [-0.25, -0.2) is 4.98 Å². The Bertz CT molecular complexity index is 836. The summed E-state index contributed by atoms with van der Waals surface area (Å²) >= 11 is 0. The van der Waals surface area contributed by atoms with Gasteiger partial charge in [0, 0.05) is 30.6 Å². The average molecular weight is 312 g/mol. The minimum Gasteiger partial charge on any atom is -0.348 e. The molecule has 0 atom stereocenters. The van der Waals surface area contributed by atoms with Gasteiger partial charge in [-0.15, -0.1) is 0 Å². The van der Waals surface area contributed by atoms with Crippen LogP contribution in [0.3, 0.4) is 0 Å². The molecular formula is C16H16N4O3. The van der Waals surface area contributed by atoms with E-state index in [4.69, 9.17) is 0 Å². The third-order valence-electron chi connectivity index (χ3n) is 4.02. The molecule has 1 aliphatic rings. The summed E-state index contributed by atoms with van der Waals surface area (Å²) in [6.45, 7) is 4.09. The van der Waals surface area contributed by atoms with Crippen molar-refractivity contribution in [1.82, 2.24) is 14.9 Å². The van der Waals surface area contributed by atoms with Crippen LogP contribution in [0.2, 0.25) is 0 Å². The van der Waals surface area contributed by atoms with Crippen molar-refractivity contribution in [1.29, 1.82) is 0 Å². The van der Waals surface area contributed by atoms with E-state index in [1.165, 1.54) is 6.07 Å². The van der Waals surface area contributed by atoms with Gasteiger partial charge in [0.2, 0.25) is 5.91 Å². The number of benzene rings is 1. The second kappa shape index (κ2) is 5.68. The summed E-state index contributed by atoms with van der Waals surface area (Å²) in [6, 6.07) is 5.04. The van der Waals surface area contributed by atoms with Crippen molar-refractivity contribution >= 4 is 17.2 Å². The van der Waals surface area contributed by atoms with E-state index in [2.05, 4.69) is 10.3 Å². The Morgan fingerprint density at radius 3 is 2.83 bits per heavy atom. The number of carbonyl (C=O) groups is 1. The summed E-state index contributed by atoms with van der Waals surface area (Å²) in [6.07, 6.45) is 3.89. The number of amides is 1. The van der Waals surface area contributed by atoms with E-state index in [9.17, 15) is 14.9 Å². The zero-order valence-electron chi connectivity index (χ0n) is 12.9. The van der Waals surface area contributed by atoms with E-state index in [1.807, 2.05) is 13.0 Å². The lowest BCUT2D eigenvalue weighted by atomic mass is 9.99. The Balaban J connectivity index is 2.15. The van der Waals surface area contributed by atoms with Crippen LogP contribution >= 0.6 is 0 Å².